The number of imide groups is 1. The maximum absolute atomic E-state index is 12.9. The fourth-order valence-electron chi connectivity index (χ4n) is 3.32. The Bertz CT molecular complexity index is 1090. The first-order valence-corrected chi connectivity index (χ1v) is 10.9. The number of hydrogen-bond acceptors (Lipinski definition) is 5. The quantitative estimate of drug-likeness (QED) is 0.456. The van der Waals surface area contributed by atoms with Gasteiger partial charge in [-0.2, -0.15) is 0 Å². The third-order valence-electron chi connectivity index (χ3n) is 4.89. The number of amides is 2. The van der Waals surface area contributed by atoms with E-state index in [1.807, 2.05) is 48.5 Å². The lowest BCUT2D eigenvalue weighted by Crippen LogP contribution is -2.32. The van der Waals surface area contributed by atoms with Crippen LogP contribution in [0.4, 0.5) is 10.5 Å². The number of benzene rings is 3. The number of anilines is 1. The first-order valence-electron chi connectivity index (χ1n) is 9.69. The van der Waals surface area contributed by atoms with Crippen LogP contribution >= 0.6 is 23.4 Å². The van der Waals surface area contributed by atoms with Crippen molar-refractivity contribution < 1.29 is 19.1 Å². The lowest BCUT2D eigenvalue weighted by Gasteiger charge is -2.15. The summed E-state index contributed by atoms with van der Waals surface area (Å²) in [4.78, 5) is 26.5. The molecule has 0 saturated carbocycles. The number of ether oxygens (including phenoxy) is 2. The second-order valence-electron chi connectivity index (χ2n) is 6.99. The van der Waals surface area contributed by atoms with Crippen molar-refractivity contribution in [3.8, 4) is 11.5 Å². The molecule has 2 amide bonds. The Kier molecular flexibility index (Phi) is 6.49. The molecule has 5 nitrogen and oxygen atoms in total. The summed E-state index contributed by atoms with van der Waals surface area (Å²) in [5, 5.41) is -0.232. The monoisotopic (exact) mass is 453 g/mol. The molecular formula is C24H20ClNO4S. The van der Waals surface area contributed by atoms with E-state index in [0.717, 1.165) is 22.9 Å². The van der Waals surface area contributed by atoms with Gasteiger partial charge in [0.15, 0.2) is 11.5 Å². The van der Waals surface area contributed by atoms with Crippen molar-refractivity contribution in [3.05, 3.63) is 88.9 Å². The molecule has 1 aliphatic heterocycles. The van der Waals surface area contributed by atoms with Crippen LogP contribution in [0.3, 0.4) is 0 Å². The fourth-order valence-corrected chi connectivity index (χ4v) is 4.47. The van der Waals surface area contributed by atoms with Crippen LogP contribution in [0, 0.1) is 0 Å². The topological polar surface area (TPSA) is 55.8 Å². The van der Waals surface area contributed by atoms with Gasteiger partial charge < -0.3 is 9.47 Å². The van der Waals surface area contributed by atoms with Gasteiger partial charge in [-0.15, -0.1) is 0 Å². The highest BCUT2D eigenvalue weighted by atomic mass is 35.5. The molecule has 0 bridgehead atoms. The van der Waals surface area contributed by atoms with Gasteiger partial charge in [0.2, 0.25) is 5.91 Å². The summed E-state index contributed by atoms with van der Waals surface area (Å²) in [5.74, 6) is 0.977. The number of rotatable bonds is 7. The average molecular weight is 454 g/mol. The molecule has 3 aromatic rings. The van der Waals surface area contributed by atoms with Crippen molar-refractivity contribution in [1.82, 2.24) is 0 Å². The first kappa shape index (κ1) is 21.3. The second kappa shape index (κ2) is 9.45. The second-order valence-corrected chi connectivity index (χ2v) is 8.58. The molecule has 0 spiro atoms. The molecule has 0 unspecified atom stereocenters. The van der Waals surface area contributed by atoms with Crippen molar-refractivity contribution in [3.63, 3.8) is 0 Å². The van der Waals surface area contributed by atoms with Crippen LogP contribution in [0.15, 0.2) is 72.8 Å². The largest absolute Gasteiger partial charge is 0.493 e. The highest BCUT2D eigenvalue weighted by Gasteiger charge is 2.40. The minimum Gasteiger partial charge on any atom is -0.493 e. The maximum Gasteiger partial charge on any atom is 0.293 e. The van der Waals surface area contributed by atoms with Gasteiger partial charge in [-0.05, 0) is 53.9 Å². The van der Waals surface area contributed by atoms with Gasteiger partial charge in [0.05, 0.1) is 18.0 Å². The van der Waals surface area contributed by atoms with Crippen LogP contribution in [0.2, 0.25) is 5.02 Å². The van der Waals surface area contributed by atoms with E-state index in [0.29, 0.717) is 35.2 Å². The smallest absolute Gasteiger partial charge is 0.293 e. The van der Waals surface area contributed by atoms with Gasteiger partial charge in [-0.1, -0.05) is 59.8 Å². The highest BCUT2D eigenvalue weighted by molar-refractivity contribution is 8.15. The zero-order chi connectivity index (χ0) is 21.8. The van der Waals surface area contributed by atoms with Crippen molar-refractivity contribution in [2.24, 2.45) is 0 Å². The maximum atomic E-state index is 12.9. The molecule has 3 aromatic carbocycles. The number of carbonyl (C=O) groups is 2. The molecule has 31 heavy (non-hydrogen) atoms. The van der Waals surface area contributed by atoms with Crippen molar-refractivity contribution >= 4 is 40.2 Å². The van der Waals surface area contributed by atoms with E-state index in [4.69, 9.17) is 21.1 Å². The van der Waals surface area contributed by atoms with Crippen LogP contribution in [-0.4, -0.2) is 23.5 Å². The van der Waals surface area contributed by atoms with Crippen molar-refractivity contribution in [2.75, 3.05) is 12.0 Å². The minimum absolute atomic E-state index is 0.235. The molecule has 0 radical (unpaired) electrons. The van der Waals surface area contributed by atoms with Crippen LogP contribution in [-0.2, 0) is 17.8 Å². The number of hydrogen-bond donors (Lipinski definition) is 0. The van der Waals surface area contributed by atoms with E-state index in [-0.39, 0.29) is 11.1 Å². The zero-order valence-corrected chi connectivity index (χ0v) is 18.4. The third-order valence-corrected chi connectivity index (χ3v) is 6.18. The molecule has 0 aliphatic carbocycles. The zero-order valence-electron chi connectivity index (χ0n) is 16.8. The molecule has 1 saturated heterocycles. The molecule has 7 heteroatoms. The summed E-state index contributed by atoms with van der Waals surface area (Å²) >= 11 is 6.94. The van der Waals surface area contributed by atoms with E-state index in [9.17, 15) is 9.59 Å². The van der Waals surface area contributed by atoms with E-state index in [1.165, 1.54) is 4.90 Å². The molecule has 1 fully saturated rings. The lowest BCUT2D eigenvalue weighted by atomic mass is 10.1. The van der Waals surface area contributed by atoms with Gasteiger partial charge in [-0.25, -0.2) is 4.90 Å². The summed E-state index contributed by atoms with van der Waals surface area (Å²) in [7, 11) is 1.58. The fraction of sp³-hybridized carbons (Fsp3) is 0.167. The minimum atomic E-state index is -0.496. The Morgan fingerprint density at radius 2 is 1.68 bits per heavy atom. The highest BCUT2D eigenvalue weighted by Crippen LogP contribution is 2.36. The summed E-state index contributed by atoms with van der Waals surface area (Å²) in [6.45, 7) is 0.429. The molecule has 1 atom stereocenters. The normalized spacial score (nSPS) is 15.9. The summed E-state index contributed by atoms with van der Waals surface area (Å²) in [6, 6.07) is 22.1. The number of nitrogens with zero attached hydrogens (tertiary/aromatic N) is 1. The summed E-state index contributed by atoms with van der Waals surface area (Å²) in [5.41, 5.74) is 2.47. The van der Waals surface area contributed by atoms with E-state index in [1.54, 1.807) is 31.4 Å². The number of carbonyl (C=O) groups excluding carboxylic acids is 2. The molecule has 1 aliphatic rings. The van der Waals surface area contributed by atoms with Gasteiger partial charge in [-0.3, -0.25) is 9.59 Å². The van der Waals surface area contributed by atoms with Crippen LogP contribution < -0.4 is 14.4 Å². The van der Waals surface area contributed by atoms with E-state index >= 15 is 0 Å². The van der Waals surface area contributed by atoms with Gasteiger partial charge in [0, 0.05) is 5.02 Å². The Balaban J connectivity index is 1.46. The summed E-state index contributed by atoms with van der Waals surface area (Å²) < 4.78 is 11.4. The molecular weight excluding hydrogens is 434 g/mol. The van der Waals surface area contributed by atoms with E-state index in [2.05, 4.69) is 0 Å². The van der Waals surface area contributed by atoms with Crippen LogP contribution in [0.5, 0.6) is 11.5 Å². The van der Waals surface area contributed by atoms with E-state index < -0.39 is 5.25 Å². The lowest BCUT2D eigenvalue weighted by molar-refractivity contribution is -0.117. The van der Waals surface area contributed by atoms with Crippen LogP contribution in [0.1, 0.15) is 11.1 Å². The predicted octanol–water partition coefficient (Wildman–Crippen LogP) is 5.74. The molecule has 1 heterocycles. The number of halogens is 1. The molecule has 0 N–H and O–H groups in total. The SMILES string of the molecule is COc1cc(C[C@@H]2SC(=O)N(c3ccc(Cl)cc3)C2=O)ccc1OCc1ccccc1. The summed E-state index contributed by atoms with van der Waals surface area (Å²) in [6.07, 6.45) is 0.411. The number of methoxy groups -OCH3 is 1. The molecule has 158 valence electrons. The molecule has 0 aromatic heterocycles. The Morgan fingerprint density at radius 1 is 0.935 bits per heavy atom. The average Bonchev–Trinajstić information content (AvgIpc) is 3.07. The third kappa shape index (κ3) is 4.86. The number of thioether (sulfide) groups is 1. The first-order chi connectivity index (χ1) is 15.0. The Morgan fingerprint density at radius 3 is 2.39 bits per heavy atom. The van der Waals surface area contributed by atoms with Gasteiger partial charge in [0.1, 0.15) is 6.61 Å². The Labute approximate surface area is 189 Å². The van der Waals surface area contributed by atoms with Gasteiger partial charge in [0.25, 0.3) is 5.24 Å². The molecule has 4 rings (SSSR count). The standard InChI is InChI=1S/C24H20ClNO4S/c1-29-21-13-17(7-12-20(21)30-15-16-5-3-2-4-6-16)14-22-23(27)26(24(28)31-22)19-10-8-18(25)9-11-19/h2-13,22H,14-15H2,1H3/t22-/m0/s1. The van der Waals surface area contributed by atoms with Crippen molar-refractivity contribution in [1.29, 1.82) is 0 Å². The Hall–Kier alpha value is -2.96. The van der Waals surface area contributed by atoms with Crippen LogP contribution in [0.25, 0.3) is 0 Å². The van der Waals surface area contributed by atoms with Gasteiger partial charge >= 0.3 is 0 Å². The predicted molar refractivity (Wildman–Crippen MR) is 123 cm³/mol. The van der Waals surface area contributed by atoms with Crippen molar-refractivity contribution in [2.45, 2.75) is 18.3 Å².